The molecule has 3 heteroatoms. The van der Waals surface area contributed by atoms with E-state index in [0.717, 1.165) is 13.1 Å². The van der Waals surface area contributed by atoms with Gasteiger partial charge in [-0.1, -0.05) is 13.5 Å². The van der Waals surface area contributed by atoms with Gasteiger partial charge in [-0.05, 0) is 19.7 Å². The lowest BCUT2D eigenvalue weighted by Crippen LogP contribution is -2.24. The first-order chi connectivity index (χ1) is 5.20. The SMILES string of the molecule is C=C[C@@H](O)OCCN(C)CC. The van der Waals surface area contributed by atoms with Gasteiger partial charge in [-0.2, -0.15) is 0 Å². The van der Waals surface area contributed by atoms with Crippen molar-refractivity contribution in [3.8, 4) is 0 Å². The summed E-state index contributed by atoms with van der Waals surface area (Å²) in [6.07, 6.45) is 0.548. The Hall–Kier alpha value is -0.380. The lowest BCUT2D eigenvalue weighted by molar-refractivity contribution is -0.0675. The van der Waals surface area contributed by atoms with Gasteiger partial charge in [-0.15, -0.1) is 0 Å². The standard InChI is InChI=1S/C8H17NO2/c1-4-8(10)11-7-6-9(3)5-2/h4,8,10H,1,5-7H2,2-3H3/t8-/m0/s1. The fourth-order valence-electron chi connectivity index (χ4n) is 0.555. The van der Waals surface area contributed by atoms with Crippen molar-refractivity contribution in [3.05, 3.63) is 12.7 Å². The molecule has 0 spiro atoms. The number of rotatable bonds is 6. The number of likely N-dealkylation sites (N-methyl/N-ethyl adjacent to an activating group) is 1. The van der Waals surface area contributed by atoms with Gasteiger partial charge in [-0.25, -0.2) is 0 Å². The molecule has 0 aliphatic heterocycles. The Morgan fingerprint density at radius 1 is 1.73 bits per heavy atom. The summed E-state index contributed by atoms with van der Waals surface area (Å²) in [5.74, 6) is 0. The molecule has 3 nitrogen and oxygen atoms in total. The van der Waals surface area contributed by atoms with Crippen LogP contribution in [0.3, 0.4) is 0 Å². The maximum Gasteiger partial charge on any atom is 0.173 e. The van der Waals surface area contributed by atoms with E-state index in [9.17, 15) is 0 Å². The fourth-order valence-corrected chi connectivity index (χ4v) is 0.555. The third kappa shape index (κ3) is 6.04. The molecule has 0 aromatic rings. The summed E-state index contributed by atoms with van der Waals surface area (Å²) in [6.45, 7) is 7.83. The van der Waals surface area contributed by atoms with Crippen molar-refractivity contribution in [2.24, 2.45) is 0 Å². The van der Waals surface area contributed by atoms with Gasteiger partial charge in [0.1, 0.15) is 0 Å². The lowest BCUT2D eigenvalue weighted by atomic mass is 10.5. The van der Waals surface area contributed by atoms with Crippen molar-refractivity contribution in [1.29, 1.82) is 0 Å². The zero-order valence-electron chi connectivity index (χ0n) is 7.29. The van der Waals surface area contributed by atoms with Gasteiger partial charge in [0.15, 0.2) is 6.29 Å². The van der Waals surface area contributed by atoms with Crippen LogP contribution in [0.25, 0.3) is 0 Å². The number of hydrogen-bond donors (Lipinski definition) is 1. The molecule has 0 heterocycles. The van der Waals surface area contributed by atoms with Crippen molar-refractivity contribution < 1.29 is 9.84 Å². The Kier molecular flexibility index (Phi) is 6.12. The highest BCUT2D eigenvalue weighted by Crippen LogP contribution is 1.88. The van der Waals surface area contributed by atoms with E-state index >= 15 is 0 Å². The van der Waals surface area contributed by atoms with Gasteiger partial charge >= 0.3 is 0 Å². The lowest BCUT2D eigenvalue weighted by Gasteiger charge is -2.14. The molecular weight excluding hydrogens is 142 g/mol. The topological polar surface area (TPSA) is 32.7 Å². The minimum absolute atomic E-state index is 0.539. The zero-order valence-corrected chi connectivity index (χ0v) is 7.29. The molecule has 0 rings (SSSR count). The van der Waals surface area contributed by atoms with E-state index in [1.807, 2.05) is 7.05 Å². The molecule has 0 amide bonds. The highest BCUT2D eigenvalue weighted by atomic mass is 16.6. The third-order valence-corrected chi connectivity index (χ3v) is 1.50. The van der Waals surface area contributed by atoms with Gasteiger partial charge in [0.05, 0.1) is 6.61 Å². The first-order valence-corrected chi connectivity index (χ1v) is 3.81. The Labute approximate surface area is 68.3 Å². The van der Waals surface area contributed by atoms with Crippen molar-refractivity contribution >= 4 is 0 Å². The van der Waals surface area contributed by atoms with E-state index in [0.29, 0.717) is 6.61 Å². The van der Waals surface area contributed by atoms with Crippen LogP contribution < -0.4 is 0 Å². The number of ether oxygens (including phenoxy) is 1. The Morgan fingerprint density at radius 2 is 2.36 bits per heavy atom. The van der Waals surface area contributed by atoms with E-state index in [-0.39, 0.29) is 0 Å². The Morgan fingerprint density at radius 3 is 2.82 bits per heavy atom. The quantitative estimate of drug-likeness (QED) is 0.451. The predicted molar refractivity (Wildman–Crippen MR) is 45.3 cm³/mol. The van der Waals surface area contributed by atoms with E-state index in [2.05, 4.69) is 18.4 Å². The maximum atomic E-state index is 8.88. The molecule has 0 aromatic heterocycles. The molecule has 0 bridgehead atoms. The molecule has 0 aliphatic carbocycles. The third-order valence-electron chi connectivity index (χ3n) is 1.50. The van der Waals surface area contributed by atoms with Gasteiger partial charge in [0.25, 0.3) is 0 Å². The molecule has 0 saturated heterocycles. The van der Waals surface area contributed by atoms with Crippen LogP contribution in [0.2, 0.25) is 0 Å². The summed E-state index contributed by atoms with van der Waals surface area (Å²) >= 11 is 0. The fraction of sp³-hybridized carbons (Fsp3) is 0.750. The summed E-state index contributed by atoms with van der Waals surface area (Å²) < 4.78 is 4.96. The molecule has 0 aromatic carbocycles. The van der Waals surface area contributed by atoms with Crippen molar-refractivity contribution in [2.45, 2.75) is 13.2 Å². The summed E-state index contributed by atoms with van der Waals surface area (Å²) in [5, 5.41) is 8.88. The second-order valence-electron chi connectivity index (χ2n) is 2.39. The second-order valence-corrected chi connectivity index (χ2v) is 2.39. The average molecular weight is 159 g/mol. The van der Waals surface area contributed by atoms with E-state index in [1.165, 1.54) is 6.08 Å². The van der Waals surface area contributed by atoms with Gasteiger partial charge in [0, 0.05) is 6.54 Å². The first-order valence-electron chi connectivity index (χ1n) is 3.81. The molecule has 0 unspecified atom stereocenters. The van der Waals surface area contributed by atoms with Gasteiger partial charge < -0.3 is 14.7 Å². The average Bonchev–Trinajstić information content (AvgIpc) is 2.04. The van der Waals surface area contributed by atoms with Crippen molar-refractivity contribution in [3.63, 3.8) is 0 Å². The normalized spacial score (nSPS) is 13.5. The van der Waals surface area contributed by atoms with Crippen LogP contribution in [-0.2, 0) is 4.74 Å². The molecule has 0 aliphatic rings. The maximum absolute atomic E-state index is 8.88. The predicted octanol–water partition coefficient (Wildman–Crippen LogP) is 0.459. The molecule has 0 saturated carbocycles. The zero-order chi connectivity index (χ0) is 8.69. The van der Waals surface area contributed by atoms with Crippen LogP contribution in [0.15, 0.2) is 12.7 Å². The van der Waals surface area contributed by atoms with Crippen LogP contribution >= 0.6 is 0 Å². The smallest absolute Gasteiger partial charge is 0.173 e. The Bertz CT molecular complexity index is 106. The van der Waals surface area contributed by atoms with E-state index in [4.69, 9.17) is 9.84 Å². The number of aliphatic hydroxyl groups is 1. The number of nitrogens with zero attached hydrogens (tertiary/aromatic N) is 1. The van der Waals surface area contributed by atoms with Gasteiger partial charge in [-0.3, -0.25) is 0 Å². The summed E-state index contributed by atoms with van der Waals surface area (Å²) in [5.41, 5.74) is 0. The Balaban J connectivity index is 3.19. The number of hydrogen-bond acceptors (Lipinski definition) is 3. The van der Waals surface area contributed by atoms with Crippen LogP contribution in [0, 0.1) is 0 Å². The van der Waals surface area contributed by atoms with Crippen molar-refractivity contribution in [1.82, 2.24) is 4.90 Å². The van der Waals surface area contributed by atoms with E-state index < -0.39 is 6.29 Å². The van der Waals surface area contributed by atoms with E-state index in [1.54, 1.807) is 0 Å². The largest absolute Gasteiger partial charge is 0.365 e. The summed E-state index contributed by atoms with van der Waals surface area (Å²) in [6, 6.07) is 0. The van der Waals surface area contributed by atoms with Crippen LogP contribution in [0.5, 0.6) is 0 Å². The van der Waals surface area contributed by atoms with Gasteiger partial charge in [0.2, 0.25) is 0 Å². The highest BCUT2D eigenvalue weighted by Gasteiger charge is 1.98. The minimum atomic E-state index is -0.819. The molecule has 1 atom stereocenters. The first kappa shape index (κ1) is 10.6. The molecule has 66 valence electrons. The molecule has 0 radical (unpaired) electrons. The minimum Gasteiger partial charge on any atom is -0.365 e. The summed E-state index contributed by atoms with van der Waals surface area (Å²) in [7, 11) is 2.00. The molecule has 1 N–H and O–H groups in total. The second kappa shape index (κ2) is 6.34. The molecule has 11 heavy (non-hydrogen) atoms. The molecular formula is C8H17NO2. The van der Waals surface area contributed by atoms with Crippen LogP contribution in [-0.4, -0.2) is 43.0 Å². The van der Waals surface area contributed by atoms with Crippen molar-refractivity contribution in [2.75, 3.05) is 26.7 Å². The molecule has 0 fully saturated rings. The monoisotopic (exact) mass is 159 g/mol. The van der Waals surface area contributed by atoms with Crippen LogP contribution in [0.1, 0.15) is 6.92 Å². The number of aliphatic hydroxyl groups excluding tert-OH is 1. The summed E-state index contributed by atoms with van der Waals surface area (Å²) in [4.78, 5) is 2.11. The van der Waals surface area contributed by atoms with Crippen LogP contribution in [0.4, 0.5) is 0 Å². The highest BCUT2D eigenvalue weighted by molar-refractivity contribution is 4.69.